The minimum absolute atomic E-state index is 0.194. The van der Waals surface area contributed by atoms with E-state index in [-0.39, 0.29) is 11.5 Å². The number of nitrogens with one attached hydrogen (secondary N) is 2. The summed E-state index contributed by atoms with van der Waals surface area (Å²) >= 11 is 0. The Labute approximate surface area is 101 Å². The zero-order valence-electron chi connectivity index (χ0n) is 9.72. The largest absolute Gasteiger partial charge is 0.480 e. The van der Waals surface area contributed by atoms with Crippen molar-refractivity contribution < 1.29 is 19.9 Å². The third-order valence-corrected chi connectivity index (χ3v) is 4.13. The van der Waals surface area contributed by atoms with E-state index < -0.39 is 19.1 Å². The van der Waals surface area contributed by atoms with Gasteiger partial charge in [0.15, 0.2) is 0 Å². The average molecular weight is 242 g/mol. The van der Waals surface area contributed by atoms with E-state index in [0.29, 0.717) is 25.7 Å². The summed E-state index contributed by atoms with van der Waals surface area (Å²) in [7, 11) is -1.29. The lowest BCUT2D eigenvalue weighted by Gasteiger charge is -2.32. The molecule has 6 nitrogen and oxygen atoms in total. The summed E-state index contributed by atoms with van der Waals surface area (Å²) in [6.07, 6.45) is 2.50. The van der Waals surface area contributed by atoms with Crippen molar-refractivity contribution >= 4 is 13.1 Å². The Hall–Kier alpha value is -0.625. The molecule has 2 aliphatic rings. The molecule has 0 spiro atoms. The van der Waals surface area contributed by atoms with Gasteiger partial charge in [0.2, 0.25) is 0 Å². The van der Waals surface area contributed by atoms with Crippen molar-refractivity contribution in [3.63, 3.8) is 0 Å². The maximum absolute atomic E-state index is 11.3. The molecule has 2 heterocycles. The summed E-state index contributed by atoms with van der Waals surface area (Å²) in [4.78, 5) is 11.3. The monoisotopic (exact) mass is 242 g/mol. The number of hydrogen-bond acceptors (Lipinski definition) is 5. The van der Waals surface area contributed by atoms with Crippen LogP contribution < -0.4 is 10.6 Å². The van der Waals surface area contributed by atoms with Crippen LogP contribution in [0.25, 0.3) is 0 Å². The van der Waals surface area contributed by atoms with Gasteiger partial charge < -0.3 is 25.8 Å². The number of rotatable bonds is 5. The standard InChI is InChI=1S/C10H19BN2O4/c14-9(15)8-10(2-1-4-11(16)17)3-5-12-7(10)6-13-8/h7-8,12-13,16-17H,1-6H2,(H,14,15)/t7-,8+,10-/m0/s1. The summed E-state index contributed by atoms with van der Waals surface area (Å²) < 4.78 is 0. The zero-order valence-corrected chi connectivity index (χ0v) is 9.72. The molecule has 0 aliphatic carbocycles. The van der Waals surface area contributed by atoms with Gasteiger partial charge in [0, 0.05) is 18.0 Å². The molecule has 0 aromatic heterocycles. The molecule has 2 fully saturated rings. The van der Waals surface area contributed by atoms with Gasteiger partial charge in [0.25, 0.3) is 0 Å². The van der Waals surface area contributed by atoms with Crippen LogP contribution in [0, 0.1) is 5.41 Å². The molecule has 0 amide bonds. The van der Waals surface area contributed by atoms with Gasteiger partial charge in [-0.15, -0.1) is 0 Å². The van der Waals surface area contributed by atoms with Gasteiger partial charge in [-0.25, -0.2) is 0 Å². The summed E-state index contributed by atoms with van der Waals surface area (Å²) in [6.45, 7) is 1.52. The third-order valence-electron chi connectivity index (χ3n) is 4.13. The molecule has 96 valence electrons. The van der Waals surface area contributed by atoms with Crippen LogP contribution in [0.15, 0.2) is 0 Å². The van der Waals surface area contributed by atoms with E-state index in [0.717, 1.165) is 13.0 Å². The number of aliphatic carboxylic acids is 1. The minimum atomic E-state index is -1.29. The topological polar surface area (TPSA) is 102 Å². The van der Waals surface area contributed by atoms with E-state index in [1.54, 1.807) is 0 Å². The van der Waals surface area contributed by atoms with E-state index >= 15 is 0 Å². The van der Waals surface area contributed by atoms with Gasteiger partial charge in [0.1, 0.15) is 6.04 Å². The van der Waals surface area contributed by atoms with Crippen LogP contribution in [-0.2, 0) is 4.79 Å². The Morgan fingerprint density at radius 3 is 2.82 bits per heavy atom. The molecule has 0 saturated carbocycles. The van der Waals surface area contributed by atoms with Crippen LogP contribution in [0.2, 0.25) is 6.32 Å². The fourth-order valence-corrected chi connectivity index (χ4v) is 3.31. The first kappa shape index (κ1) is 12.8. The van der Waals surface area contributed by atoms with E-state index in [9.17, 15) is 9.90 Å². The van der Waals surface area contributed by atoms with Gasteiger partial charge >= 0.3 is 13.1 Å². The SMILES string of the molecule is O=C(O)[C@H]1NC[C@@H]2NCC[C@@]21CCCB(O)O. The molecule has 2 rings (SSSR count). The Balaban J connectivity index is 2.03. The van der Waals surface area contributed by atoms with Gasteiger partial charge in [-0.1, -0.05) is 6.42 Å². The number of hydrogen-bond donors (Lipinski definition) is 5. The molecular formula is C10H19BN2O4. The first-order valence-corrected chi connectivity index (χ1v) is 6.12. The highest BCUT2D eigenvalue weighted by molar-refractivity contribution is 6.40. The first-order valence-electron chi connectivity index (χ1n) is 6.12. The molecule has 0 bridgehead atoms. The van der Waals surface area contributed by atoms with Crippen molar-refractivity contribution in [3.8, 4) is 0 Å². The lowest BCUT2D eigenvalue weighted by atomic mass is 9.70. The Kier molecular flexibility index (Phi) is 3.72. The van der Waals surface area contributed by atoms with Gasteiger partial charge in [-0.2, -0.15) is 0 Å². The smallest absolute Gasteiger partial charge is 0.451 e. The Bertz CT molecular complexity index is 302. The van der Waals surface area contributed by atoms with Crippen molar-refractivity contribution in [3.05, 3.63) is 0 Å². The predicted molar refractivity (Wildman–Crippen MR) is 62.5 cm³/mol. The van der Waals surface area contributed by atoms with E-state index in [1.807, 2.05) is 0 Å². The quantitative estimate of drug-likeness (QED) is 0.382. The lowest BCUT2D eigenvalue weighted by molar-refractivity contribution is -0.142. The van der Waals surface area contributed by atoms with Crippen LogP contribution in [0.3, 0.4) is 0 Å². The third kappa shape index (κ3) is 2.33. The highest BCUT2D eigenvalue weighted by Gasteiger charge is 2.55. The molecule has 3 atom stereocenters. The zero-order chi connectivity index (χ0) is 12.5. The molecule has 2 saturated heterocycles. The molecule has 7 heteroatoms. The Morgan fingerprint density at radius 2 is 2.18 bits per heavy atom. The van der Waals surface area contributed by atoms with Crippen LogP contribution in [0.4, 0.5) is 0 Å². The minimum Gasteiger partial charge on any atom is -0.480 e. The Morgan fingerprint density at radius 1 is 1.41 bits per heavy atom. The summed E-state index contributed by atoms with van der Waals surface area (Å²) in [6, 6.07) is -0.322. The van der Waals surface area contributed by atoms with Crippen molar-refractivity contribution in [1.29, 1.82) is 0 Å². The molecule has 0 aromatic rings. The van der Waals surface area contributed by atoms with Crippen LogP contribution in [0.5, 0.6) is 0 Å². The van der Waals surface area contributed by atoms with Crippen molar-refractivity contribution in [2.24, 2.45) is 5.41 Å². The molecule has 5 N–H and O–H groups in total. The normalized spacial score (nSPS) is 35.9. The number of carboxylic acid groups (broad SMARTS) is 1. The predicted octanol–water partition coefficient (Wildman–Crippen LogP) is -1.36. The van der Waals surface area contributed by atoms with Crippen molar-refractivity contribution in [2.45, 2.75) is 37.7 Å². The van der Waals surface area contributed by atoms with Gasteiger partial charge in [-0.05, 0) is 25.7 Å². The molecule has 17 heavy (non-hydrogen) atoms. The maximum Gasteiger partial charge on any atom is 0.451 e. The van der Waals surface area contributed by atoms with Crippen molar-refractivity contribution in [1.82, 2.24) is 10.6 Å². The summed E-state index contributed by atoms with van der Waals surface area (Å²) in [5.74, 6) is -0.805. The van der Waals surface area contributed by atoms with E-state index in [1.165, 1.54) is 0 Å². The molecule has 2 aliphatic heterocycles. The van der Waals surface area contributed by atoms with Crippen LogP contribution in [-0.4, -0.2) is 53.4 Å². The average Bonchev–Trinajstić information content (AvgIpc) is 2.73. The van der Waals surface area contributed by atoms with E-state index in [2.05, 4.69) is 10.6 Å². The maximum atomic E-state index is 11.3. The van der Waals surface area contributed by atoms with Crippen molar-refractivity contribution in [2.75, 3.05) is 13.1 Å². The lowest BCUT2D eigenvalue weighted by Crippen LogP contribution is -2.45. The van der Waals surface area contributed by atoms with Crippen LogP contribution in [0.1, 0.15) is 19.3 Å². The fourth-order valence-electron chi connectivity index (χ4n) is 3.31. The number of fused-ring (bicyclic) bond motifs is 1. The summed E-state index contributed by atoms with van der Waals surface area (Å²) in [5.41, 5.74) is -0.263. The highest BCUT2D eigenvalue weighted by Crippen LogP contribution is 2.43. The van der Waals surface area contributed by atoms with E-state index in [4.69, 9.17) is 10.0 Å². The highest BCUT2D eigenvalue weighted by atomic mass is 16.4. The number of carboxylic acids is 1. The second-order valence-electron chi connectivity index (χ2n) is 5.04. The second-order valence-corrected chi connectivity index (χ2v) is 5.04. The molecule has 0 unspecified atom stereocenters. The molecule has 0 aromatic carbocycles. The summed E-state index contributed by atoms with van der Waals surface area (Å²) in [5, 5.41) is 33.3. The molecular weight excluding hydrogens is 223 g/mol. The van der Waals surface area contributed by atoms with Crippen LogP contribution >= 0.6 is 0 Å². The molecule has 0 radical (unpaired) electrons. The first-order chi connectivity index (χ1) is 8.06. The van der Waals surface area contributed by atoms with Gasteiger partial charge in [-0.3, -0.25) is 4.79 Å². The fraction of sp³-hybridized carbons (Fsp3) is 0.900. The number of carbonyl (C=O) groups is 1. The van der Waals surface area contributed by atoms with Gasteiger partial charge in [0.05, 0.1) is 0 Å². The second kappa shape index (κ2) is 4.93.